The molecule has 2 aliphatic rings. The highest BCUT2D eigenvalue weighted by molar-refractivity contribution is 5.37. The number of hydrogen-bond donors (Lipinski definition) is 2. The molecule has 1 fully saturated rings. The Morgan fingerprint density at radius 3 is 2.88 bits per heavy atom. The molecule has 0 radical (unpaired) electrons. The molecule has 1 heterocycles. The summed E-state index contributed by atoms with van der Waals surface area (Å²) in [5.41, 5.74) is 1.49. The van der Waals surface area contributed by atoms with Gasteiger partial charge < -0.3 is 15.2 Å². The van der Waals surface area contributed by atoms with Gasteiger partial charge in [-0.2, -0.15) is 0 Å². The van der Waals surface area contributed by atoms with Crippen LogP contribution in [0.15, 0.2) is 24.3 Å². The topological polar surface area (TPSA) is 41.5 Å². The Bertz CT molecular complexity index is 376. The van der Waals surface area contributed by atoms with Crippen LogP contribution in [-0.4, -0.2) is 30.9 Å². The molecule has 0 aromatic heterocycles. The van der Waals surface area contributed by atoms with Crippen LogP contribution < -0.4 is 10.1 Å². The number of aliphatic hydroxyl groups excluding tert-OH is 1. The maximum atomic E-state index is 9.22. The third-order valence-electron chi connectivity index (χ3n) is 3.88. The van der Waals surface area contributed by atoms with Gasteiger partial charge in [0.25, 0.3) is 0 Å². The van der Waals surface area contributed by atoms with Gasteiger partial charge in [0.15, 0.2) is 0 Å². The van der Waals surface area contributed by atoms with Gasteiger partial charge in [-0.05, 0) is 24.5 Å². The maximum absolute atomic E-state index is 9.22. The summed E-state index contributed by atoms with van der Waals surface area (Å²) in [6.45, 7) is 2.10. The van der Waals surface area contributed by atoms with Crippen molar-refractivity contribution in [2.24, 2.45) is 5.41 Å². The highest BCUT2D eigenvalue weighted by Gasteiger charge is 2.41. The smallest absolute Gasteiger partial charge is 0.123 e. The molecule has 3 heteroatoms. The number of fused-ring (bicyclic) bond motifs is 1. The molecule has 1 aliphatic carbocycles. The van der Waals surface area contributed by atoms with Crippen LogP contribution in [0.3, 0.4) is 0 Å². The van der Waals surface area contributed by atoms with Crippen molar-refractivity contribution < 1.29 is 9.84 Å². The lowest BCUT2D eigenvalue weighted by molar-refractivity contribution is 0.191. The molecule has 1 saturated carbocycles. The Morgan fingerprint density at radius 2 is 2.18 bits per heavy atom. The highest BCUT2D eigenvalue weighted by atomic mass is 16.5. The van der Waals surface area contributed by atoms with E-state index in [0.717, 1.165) is 38.1 Å². The minimum Gasteiger partial charge on any atom is -0.488 e. The second-order valence-corrected chi connectivity index (χ2v) is 5.34. The van der Waals surface area contributed by atoms with Crippen molar-refractivity contribution in [3.05, 3.63) is 29.8 Å². The summed E-state index contributed by atoms with van der Waals surface area (Å²) in [5, 5.41) is 12.7. The van der Waals surface area contributed by atoms with E-state index in [1.807, 2.05) is 12.1 Å². The minimum absolute atomic E-state index is 0.186. The first-order valence-corrected chi connectivity index (χ1v) is 6.37. The van der Waals surface area contributed by atoms with Crippen LogP contribution in [0.1, 0.15) is 18.4 Å². The summed E-state index contributed by atoms with van der Waals surface area (Å²) in [6, 6.07) is 8.24. The molecule has 1 aromatic carbocycles. The third kappa shape index (κ3) is 2.31. The fraction of sp³-hybridized carbons (Fsp3) is 0.571. The van der Waals surface area contributed by atoms with Gasteiger partial charge >= 0.3 is 0 Å². The lowest BCUT2D eigenvalue weighted by Crippen LogP contribution is -2.35. The van der Waals surface area contributed by atoms with Crippen LogP contribution in [0.2, 0.25) is 0 Å². The van der Waals surface area contributed by atoms with Crippen molar-refractivity contribution in [3.63, 3.8) is 0 Å². The second kappa shape index (κ2) is 4.31. The van der Waals surface area contributed by atoms with Crippen molar-refractivity contribution in [2.45, 2.75) is 25.4 Å². The van der Waals surface area contributed by atoms with Crippen LogP contribution in [0, 0.1) is 5.41 Å². The molecular formula is C14H19NO2. The van der Waals surface area contributed by atoms with Gasteiger partial charge in [0, 0.05) is 31.5 Å². The van der Waals surface area contributed by atoms with Crippen molar-refractivity contribution in [1.29, 1.82) is 0 Å². The first-order chi connectivity index (χ1) is 8.31. The number of rotatable bonds is 5. The third-order valence-corrected chi connectivity index (χ3v) is 3.88. The Kier molecular flexibility index (Phi) is 2.81. The Labute approximate surface area is 102 Å². The SMILES string of the molecule is OCC1(CNCC2Cc3ccccc3O2)CC1. The van der Waals surface area contributed by atoms with Crippen LogP contribution in [-0.2, 0) is 6.42 Å². The van der Waals surface area contributed by atoms with E-state index in [9.17, 15) is 5.11 Å². The lowest BCUT2D eigenvalue weighted by Gasteiger charge is -2.16. The molecule has 0 amide bonds. The molecule has 0 saturated heterocycles. The Balaban J connectivity index is 1.46. The summed E-state index contributed by atoms with van der Waals surface area (Å²) in [7, 11) is 0. The summed E-state index contributed by atoms with van der Waals surface area (Å²) in [4.78, 5) is 0. The van der Waals surface area contributed by atoms with E-state index in [1.54, 1.807) is 0 Å². The number of benzene rings is 1. The number of ether oxygens (including phenoxy) is 1. The van der Waals surface area contributed by atoms with E-state index < -0.39 is 0 Å². The van der Waals surface area contributed by atoms with Gasteiger partial charge in [-0.1, -0.05) is 18.2 Å². The van der Waals surface area contributed by atoms with E-state index in [2.05, 4.69) is 17.4 Å². The average Bonchev–Trinajstić information content (AvgIpc) is 3.01. The molecule has 1 unspecified atom stereocenters. The molecule has 0 bridgehead atoms. The molecule has 2 N–H and O–H groups in total. The zero-order valence-electron chi connectivity index (χ0n) is 9.98. The van der Waals surface area contributed by atoms with Gasteiger partial charge in [0.05, 0.1) is 0 Å². The largest absolute Gasteiger partial charge is 0.488 e. The second-order valence-electron chi connectivity index (χ2n) is 5.34. The number of hydrogen-bond acceptors (Lipinski definition) is 3. The van der Waals surface area contributed by atoms with E-state index in [4.69, 9.17) is 4.74 Å². The number of para-hydroxylation sites is 1. The maximum Gasteiger partial charge on any atom is 0.123 e. The molecule has 1 aromatic rings. The predicted molar refractivity (Wildman–Crippen MR) is 66.2 cm³/mol. The van der Waals surface area contributed by atoms with Crippen molar-refractivity contribution in [1.82, 2.24) is 5.32 Å². The normalized spacial score (nSPS) is 24.2. The van der Waals surface area contributed by atoms with Crippen LogP contribution in [0.25, 0.3) is 0 Å². The van der Waals surface area contributed by atoms with Crippen LogP contribution in [0.5, 0.6) is 5.75 Å². The fourth-order valence-corrected chi connectivity index (χ4v) is 2.43. The van der Waals surface area contributed by atoms with Gasteiger partial charge in [-0.15, -0.1) is 0 Å². The van der Waals surface area contributed by atoms with Gasteiger partial charge in [0.1, 0.15) is 11.9 Å². The molecule has 92 valence electrons. The quantitative estimate of drug-likeness (QED) is 0.806. The zero-order chi connectivity index (χ0) is 11.7. The zero-order valence-corrected chi connectivity index (χ0v) is 9.98. The molecule has 3 nitrogen and oxygen atoms in total. The van der Waals surface area contributed by atoms with Gasteiger partial charge in [-0.25, -0.2) is 0 Å². The molecule has 0 spiro atoms. The van der Waals surface area contributed by atoms with E-state index in [1.165, 1.54) is 5.56 Å². The summed E-state index contributed by atoms with van der Waals surface area (Å²) < 4.78 is 5.85. The van der Waals surface area contributed by atoms with E-state index in [-0.39, 0.29) is 11.5 Å². The average molecular weight is 233 g/mol. The summed E-state index contributed by atoms with van der Waals surface area (Å²) >= 11 is 0. The molecule has 3 rings (SSSR count). The molecular weight excluding hydrogens is 214 g/mol. The monoisotopic (exact) mass is 233 g/mol. The first kappa shape index (κ1) is 11.1. The number of aliphatic hydroxyl groups is 1. The number of nitrogens with one attached hydrogen (secondary N) is 1. The Hall–Kier alpha value is -1.06. The van der Waals surface area contributed by atoms with Gasteiger partial charge in [-0.3, -0.25) is 0 Å². The Morgan fingerprint density at radius 1 is 1.35 bits per heavy atom. The van der Waals surface area contributed by atoms with Gasteiger partial charge in [0.2, 0.25) is 0 Å². The van der Waals surface area contributed by atoms with Crippen molar-refractivity contribution >= 4 is 0 Å². The summed E-state index contributed by atoms with van der Waals surface area (Å²) in [6.07, 6.45) is 3.56. The fourth-order valence-electron chi connectivity index (χ4n) is 2.43. The molecule has 1 atom stereocenters. The summed E-state index contributed by atoms with van der Waals surface area (Å²) in [5.74, 6) is 1.03. The van der Waals surface area contributed by atoms with Crippen molar-refractivity contribution in [2.75, 3.05) is 19.7 Å². The molecule has 1 aliphatic heterocycles. The van der Waals surface area contributed by atoms with Crippen molar-refractivity contribution in [3.8, 4) is 5.75 Å². The lowest BCUT2D eigenvalue weighted by atomic mass is 10.1. The highest BCUT2D eigenvalue weighted by Crippen LogP contribution is 2.44. The minimum atomic E-state index is 0.186. The predicted octanol–water partition coefficient (Wildman–Crippen LogP) is 1.35. The first-order valence-electron chi connectivity index (χ1n) is 6.37. The van der Waals surface area contributed by atoms with Crippen LogP contribution in [0.4, 0.5) is 0 Å². The van der Waals surface area contributed by atoms with E-state index >= 15 is 0 Å². The van der Waals surface area contributed by atoms with E-state index in [0.29, 0.717) is 6.61 Å². The standard InChI is InChI=1S/C14H19NO2/c16-10-14(5-6-14)9-15-8-12-7-11-3-1-2-4-13(11)17-12/h1-4,12,15-16H,5-10H2. The molecule has 17 heavy (non-hydrogen) atoms. The van der Waals surface area contributed by atoms with Crippen LogP contribution >= 0.6 is 0 Å².